The number of benzene rings is 2. The van der Waals surface area contributed by atoms with E-state index in [4.69, 9.17) is 15.2 Å². The van der Waals surface area contributed by atoms with E-state index < -0.39 is 5.92 Å². The van der Waals surface area contributed by atoms with E-state index in [2.05, 4.69) is 12.1 Å². The Morgan fingerprint density at radius 3 is 2.64 bits per heavy atom. The Hall–Kier alpha value is -3.67. The summed E-state index contributed by atoms with van der Waals surface area (Å²) in [6.45, 7) is 4.03. The smallest absolute Gasteiger partial charge is 0.161 e. The first-order valence-electron chi connectivity index (χ1n) is 12.3. The van der Waals surface area contributed by atoms with E-state index in [1.165, 1.54) is 17.0 Å². The van der Waals surface area contributed by atoms with Crippen molar-refractivity contribution in [1.82, 2.24) is 0 Å². The number of methoxy groups -OCH3 is 1. The largest absolute Gasteiger partial charge is 0.496 e. The maximum atomic E-state index is 13.6. The predicted octanol–water partition coefficient (Wildman–Crippen LogP) is 2.55. The van der Waals surface area contributed by atoms with Gasteiger partial charge >= 0.3 is 0 Å². The van der Waals surface area contributed by atoms with Gasteiger partial charge in [0.15, 0.2) is 5.78 Å². The molecule has 8 heteroatoms. The van der Waals surface area contributed by atoms with Crippen LogP contribution in [0.4, 0.5) is 10.1 Å². The van der Waals surface area contributed by atoms with E-state index in [0.717, 1.165) is 55.4 Å². The van der Waals surface area contributed by atoms with Crippen LogP contribution in [0.2, 0.25) is 0 Å². The second kappa shape index (κ2) is 10.1. The van der Waals surface area contributed by atoms with Crippen LogP contribution in [0, 0.1) is 17.1 Å². The molecule has 1 fully saturated rings. The normalized spacial score (nSPS) is 20.9. The van der Waals surface area contributed by atoms with Gasteiger partial charge in [0.05, 0.1) is 37.9 Å². The van der Waals surface area contributed by atoms with Crippen LogP contribution in [0.1, 0.15) is 36.3 Å². The van der Waals surface area contributed by atoms with E-state index in [1.807, 2.05) is 12.1 Å². The Morgan fingerprint density at radius 1 is 1.19 bits per heavy atom. The number of nitrogens with two attached hydrogens (primary N) is 1. The molecule has 0 radical (unpaired) electrons. The molecule has 0 aromatic heterocycles. The van der Waals surface area contributed by atoms with E-state index in [-0.39, 0.29) is 17.4 Å². The topological polar surface area (TPSA) is 93.0 Å². The van der Waals surface area contributed by atoms with Crippen LogP contribution in [-0.2, 0) is 16.1 Å². The minimum Gasteiger partial charge on any atom is -0.496 e. The van der Waals surface area contributed by atoms with Gasteiger partial charge in [0.2, 0.25) is 0 Å². The molecule has 2 aliphatic heterocycles. The molecule has 7 nitrogen and oxygen atoms in total. The number of nitriles is 1. The summed E-state index contributed by atoms with van der Waals surface area (Å²) >= 11 is 0. The number of carbonyl (C=O) groups excluding carboxylic acids is 1. The summed E-state index contributed by atoms with van der Waals surface area (Å²) in [5, 5.41) is 10.3. The van der Waals surface area contributed by atoms with E-state index >= 15 is 0 Å². The Kier molecular flexibility index (Phi) is 6.77. The van der Waals surface area contributed by atoms with Crippen molar-refractivity contribution in [3.8, 4) is 11.8 Å². The van der Waals surface area contributed by atoms with E-state index in [1.54, 1.807) is 24.1 Å². The molecule has 1 saturated heterocycles. The molecule has 0 amide bonds. The third-order valence-corrected chi connectivity index (χ3v) is 7.28. The lowest BCUT2D eigenvalue weighted by molar-refractivity contribution is -0.921. The fourth-order valence-electron chi connectivity index (χ4n) is 5.53. The van der Waals surface area contributed by atoms with Crippen LogP contribution < -0.4 is 20.3 Å². The number of Topliss-reactive ketones (excluding diaryl/α,β-unsaturated/α-hetero) is 1. The second-order valence-electron chi connectivity index (χ2n) is 9.40. The van der Waals surface area contributed by atoms with Gasteiger partial charge in [-0.15, -0.1) is 0 Å². The molecular weight excluding hydrogens is 459 g/mol. The number of nitrogens with zero attached hydrogens (tertiary/aromatic N) is 2. The number of ether oxygens (including phenoxy) is 2. The first-order valence-corrected chi connectivity index (χ1v) is 12.3. The lowest BCUT2D eigenvalue weighted by atomic mass is 9.75. The van der Waals surface area contributed by atoms with Crippen LogP contribution >= 0.6 is 0 Å². The molecule has 36 heavy (non-hydrogen) atoms. The van der Waals surface area contributed by atoms with Gasteiger partial charge in [-0.25, -0.2) is 4.39 Å². The van der Waals surface area contributed by atoms with Crippen molar-refractivity contribution >= 4 is 11.5 Å². The van der Waals surface area contributed by atoms with Gasteiger partial charge < -0.3 is 20.1 Å². The van der Waals surface area contributed by atoms with Crippen molar-refractivity contribution in [1.29, 1.82) is 5.26 Å². The molecule has 2 aromatic rings. The number of morpholine rings is 1. The number of hydrogen-bond acceptors (Lipinski definition) is 6. The highest BCUT2D eigenvalue weighted by Crippen LogP contribution is 2.46. The zero-order chi connectivity index (χ0) is 25.2. The molecule has 5 rings (SSSR count). The van der Waals surface area contributed by atoms with E-state index in [0.29, 0.717) is 36.1 Å². The average molecular weight is 490 g/mol. The Bertz CT molecular complexity index is 1270. The maximum Gasteiger partial charge on any atom is 0.161 e. The highest BCUT2D eigenvalue weighted by molar-refractivity contribution is 6.01. The number of hydrogen-bond donors (Lipinski definition) is 2. The maximum absolute atomic E-state index is 13.6. The number of rotatable bonds is 5. The Morgan fingerprint density at radius 2 is 1.94 bits per heavy atom. The summed E-state index contributed by atoms with van der Waals surface area (Å²) < 4.78 is 24.8. The summed E-state index contributed by atoms with van der Waals surface area (Å²) in [7, 11) is 1.65. The number of ketones is 1. The minimum atomic E-state index is -0.557. The molecule has 3 N–H and O–H groups in total. The predicted molar refractivity (Wildman–Crippen MR) is 133 cm³/mol. The second-order valence-corrected chi connectivity index (χ2v) is 9.40. The lowest BCUT2D eigenvalue weighted by Crippen LogP contribution is -3.12. The highest BCUT2D eigenvalue weighted by atomic mass is 19.1. The van der Waals surface area contributed by atoms with Crippen molar-refractivity contribution in [2.45, 2.75) is 31.7 Å². The molecule has 0 spiro atoms. The standard InChI is InChI=1S/C28H29FN4O3/c1-35-25-10-5-18(15-19(25)17-32-11-13-36-14-12-32)26-22(16-30)28(31)33(21-8-6-20(29)7-9-21)23-3-2-4-24(34)27(23)26/h5-10,15,26H,2-4,11-14,17,31H2,1H3/p+1. The third-order valence-electron chi connectivity index (χ3n) is 7.28. The van der Waals surface area contributed by atoms with Gasteiger partial charge in [-0.1, -0.05) is 6.07 Å². The first kappa shape index (κ1) is 24.0. The van der Waals surface area contributed by atoms with Gasteiger partial charge in [0.1, 0.15) is 37.0 Å². The van der Waals surface area contributed by atoms with Crippen LogP contribution in [0.15, 0.2) is 65.1 Å². The van der Waals surface area contributed by atoms with Crippen molar-refractivity contribution in [2.24, 2.45) is 5.73 Å². The van der Waals surface area contributed by atoms with Gasteiger partial charge in [-0.3, -0.25) is 9.69 Å². The molecule has 1 atom stereocenters. The third kappa shape index (κ3) is 4.36. The quantitative estimate of drug-likeness (QED) is 0.671. The number of nitrogens with one attached hydrogen (secondary N) is 1. The fourth-order valence-corrected chi connectivity index (χ4v) is 5.53. The van der Waals surface area contributed by atoms with Crippen LogP contribution in [0.25, 0.3) is 0 Å². The van der Waals surface area contributed by atoms with Crippen molar-refractivity contribution in [2.75, 3.05) is 38.3 Å². The van der Waals surface area contributed by atoms with Crippen molar-refractivity contribution < 1.29 is 23.6 Å². The number of allylic oxidation sites excluding steroid dienone is 3. The van der Waals surface area contributed by atoms with Crippen LogP contribution in [0.5, 0.6) is 5.75 Å². The molecule has 2 heterocycles. The van der Waals surface area contributed by atoms with E-state index in [9.17, 15) is 14.4 Å². The molecule has 1 unspecified atom stereocenters. The lowest BCUT2D eigenvalue weighted by Gasteiger charge is -2.39. The minimum absolute atomic E-state index is 0.0183. The molecule has 186 valence electrons. The zero-order valence-corrected chi connectivity index (χ0v) is 20.4. The van der Waals surface area contributed by atoms with Gasteiger partial charge in [0, 0.05) is 28.9 Å². The summed E-state index contributed by atoms with van der Waals surface area (Å²) in [6, 6.07) is 14.1. The number of anilines is 1. The molecule has 3 aliphatic rings. The summed E-state index contributed by atoms with van der Waals surface area (Å²) in [6.07, 6.45) is 1.77. The summed E-state index contributed by atoms with van der Waals surface area (Å²) in [5.74, 6) is 0.155. The Balaban J connectivity index is 1.62. The monoisotopic (exact) mass is 489 g/mol. The van der Waals surface area contributed by atoms with Crippen molar-refractivity contribution in [3.05, 3.63) is 82.1 Å². The molecule has 2 aromatic carbocycles. The fraction of sp³-hybridized carbons (Fsp3) is 0.357. The number of halogens is 1. The Labute approximate surface area is 210 Å². The number of quaternary nitrogens is 1. The average Bonchev–Trinajstić information content (AvgIpc) is 2.89. The van der Waals surface area contributed by atoms with Crippen LogP contribution in [-0.4, -0.2) is 39.2 Å². The molecule has 0 saturated carbocycles. The van der Waals surface area contributed by atoms with Crippen molar-refractivity contribution in [3.63, 3.8) is 0 Å². The zero-order valence-electron chi connectivity index (χ0n) is 20.4. The number of carbonyl (C=O) groups is 1. The van der Waals surface area contributed by atoms with Gasteiger partial charge in [0.25, 0.3) is 0 Å². The SMILES string of the molecule is COc1ccc(C2C(C#N)=C(N)N(c3ccc(F)cc3)C3=C2C(=O)CCC3)cc1C[NH+]1CCOCC1. The molecule has 0 bridgehead atoms. The summed E-state index contributed by atoms with van der Waals surface area (Å²) in [4.78, 5) is 16.5. The first-order chi connectivity index (χ1) is 17.5. The highest BCUT2D eigenvalue weighted by Gasteiger charge is 2.40. The van der Waals surface area contributed by atoms with Crippen LogP contribution in [0.3, 0.4) is 0 Å². The van der Waals surface area contributed by atoms with Gasteiger partial charge in [-0.05, 0) is 54.8 Å². The molecule has 1 aliphatic carbocycles. The summed E-state index contributed by atoms with van der Waals surface area (Å²) in [5.41, 5.74) is 10.8. The van der Waals surface area contributed by atoms with Gasteiger partial charge in [-0.2, -0.15) is 5.26 Å². The molecular formula is C28H30FN4O3+.